The zero-order valence-electron chi connectivity index (χ0n) is 13.9. The maximum atomic E-state index is 12.5. The largest absolute Gasteiger partial charge is 0.346 e. The lowest BCUT2D eigenvalue weighted by Crippen LogP contribution is -2.46. The third kappa shape index (κ3) is 3.28. The van der Waals surface area contributed by atoms with Gasteiger partial charge in [0, 0.05) is 44.1 Å². The third-order valence-corrected chi connectivity index (χ3v) is 4.26. The average molecular weight is 317 g/mol. The summed E-state index contributed by atoms with van der Waals surface area (Å²) in [6.07, 6.45) is 4.52. The van der Waals surface area contributed by atoms with E-state index in [1.807, 2.05) is 27.0 Å². The molecule has 124 valence electrons. The van der Waals surface area contributed by atoms with E-state index in [2.05, 4.69) is 20.0 Å². The van der Waals surface area contributed by atoms with Gasteiger partial charge in [-0.15, -0.1) is 0 Å². The molecule has 1 N–H and O–H groups in total. The van der Waals surface area contributed by atoms with Crippen molar-refractivity contribution in [2.24, 2.45) is 5.10 Å². The van der Waals surface area contributed by atoms with E-state index in [9.17, 15) is 9.59 Å². The first kappa shape index (κ1) is 15.7. The summed E-state index contributed by atoms with van der Waals surface area (Å²) in [5.41, 5.74) is 1.46. The summed E-state index contributed by atoms with van der Waals surface area (Å²) in [5.74, 6) is 0.903. The number of rotatable bonds is 3. The van der Waals surface area contributed by atoms with Gasteiger partial charge in [0.1, 0.15) is 11.5 Å². The lowest BCUT2D eigenvalue weighted by atomic mass is 10.1. The Labute approximate surface area is 135 Å². The number of amides is 2. The molecular weight excluding hydrogens is 294 g/mol. The van der Waals surface area contributed by atoms with Gasteiger partial charge in [0.05, 0.1) is 5.69 Å². The SMILES string of the molecule is Cc1cn2c(n1)CC[C@@H](NC(=O)C1=NN(C(C)C)C(=O)CC1)C2. The van der Waals surface area contributed by atoms with Gasteiger partial charge in [-0.2, -0.15) is 5.10 Å². The number of nitrogens with zero attached hydrogens (tertiary/aromatic N) is 4. The fourth-order valence-electron chi connectivity index (χ4n) is 3.11. The van der Waals surface area contributed by atoms with Crippen LogP contribution in [-0.2, 0) is 22.6 Å². The number of hydrogen-bond acceptors (Lipinski definition) is 4. The van der Waals surface area contributed by atoms with Gasteiger partial charge in [0.2, 0.25) is 5.91 Å². The molecule has 2 amide bonds. The van der Waals surface area contributed by atoms with Crippen LogP contribution in [0.4, 0.5) is 0 Å². The number of fused-ring (bicyclic) bond motifs is 1. The molecule has 7 heteroatoms. The molecule has 2 aliphatic heterocycles. The predicted molar refractivity (Wildman–Crippen MR) is 85.9 cm³/mol. The summed E-state index contributed by atoms with van der Waals surface area (Å²) in [5, 5.41) is 8.72. The first-order valence-electron chi connectivity index (χ1n) is 8.17. The molecule has 0 saturated carbocycles. The zero-order valence-corrected chi connectivity index (χ0v) is 13.9. The fourth-order valence-corrected chi connectivity index (χ4v) is 3.11. The fraction of sp³-hybridized carbons (Fsp3) is 0.625. The van der Waals surface area contributed by atoms with E-state index >= 15 is 0 Å². The quantitative estimate of drug-likeness (QED) is 0.903. The van der Waals surface area contributed by atoms with Crippen LogP contribution in [0.15, 0.2) is 11.3 Å². The Hall–Kier alpha value is -2.18. The van der Waals surface area contributed by atoms with E-state index in [0.29, 0.717) is 18.6 Å². The lowest BCUT2D eigenvalue weighted by molar-refractivity contribution is -0.133. The van der Waals surface area contributed by atoms with Gasteiger partial charge in [0.25, 0.3) is 5.91 Å². The first-order chi connectivity index (χ1) is 10.9. The Morgan fingerprint density at radius 2 is 2.13 bits per heavy atom. The molecule has 0 radical (unpaired) electrons. The molecule has 0 aliphatic carbocycles. The molecule has 0 saturated heterocycles. The highest BCUT2D eigenvalue weighted by atomic mass is 16.2. The maximum absolute atomic E-state index is 12.5. The van der Waals surface area contributed by atoms with Crippen LogP contribution in [0.3, 0.4) is 0 Å². The first-order valence-corrected chi connectivity index (χ1v) is 8.17. The Bertz CT molecular complexity index is 661. The number of carbonyl (C=O) groups is 2. The maximum Gasteiger partial charge on any atom is 0.267 e. The lowest BCUT2D eigenvalue weighted by Gasteiger charge is -2.28. The Morgan fingerprint density at radius 1 is 1.35 bits per heavy atom. The van der Waals surface area contributed by atoms with Crippen molar-refractivity contribution in [3.8, 4) is 0 Å². The molecule has 1 atom stereocenters. The van der Waals surface area contributed by atoms with Crippen LogP contribution >= 0.6 is 0 Å². The average Bonchev–Trinajstić information content (AvgIpc) is 2.86. The molecule has 2 aliphatic rings. The van der Waals surface area contributed by atoms with E-state index in [0.717, 1.165) is 30.9 Å². The minimum absolute atomic E-state index is 0.0206. The Balaban J connectivity index is 1.66. The zero-order chi connectivity index (χ0) is 16.6. The molecule has 3 rings (SSSR count). The van der Waals surface area contributed by atoms with E-state index in [1.165, 1.54) is 5.01 Å². The second-order valence-electron chi connectivity index (χ2n) is 6.54. The number of aromatic nitrogens is 2. The van der Waals surface area contributed by atoms with Crippen molar-refractivity contribution >= 4 is 17.5 Å². The highest BCUT2D eigenvalue weighted by Crippen LogP contribution is 2.16. The molecule has 0 spiro atoms. The summed E-state index contributed by atoms with van der Waals surface area (Å²) < 4.78 is 2.11. The van der Waals surface area contributed by atoms with Crippen LogP contribution in [0, 0.1) is 6.92 Å². The van der Waals surface area contributed by atoms with Gasteiger partial charge in [-0.3, -0.25) is 9.59 Å². The number of nitrogens with one attached hydrogen (secondary N) is 1. The molecule has 0 unspecified atom stereocenters. The van der Waals surface area contributed by atoms with Crippen molar-refractivity contribution in [2.45, 2.75) is 65.1 Å². The third-order valence-electron chi connectivity index (χ3n) is 4.26. The Morgan fingerprint density at radius 3 is 2.87 bits per heavy atom. The number of carbonyl (C=O) groups excluding carboxylic acids is 2. The second kappa shape index (κ2) is 6.14. The minimum atomic E-state index is -0.159. The van der Waals surface area contributed by atoms with Crippen LogP contribution in [0.1, 0.15) is 44.6 Å². The van der Waals surface area contributed by atoms with Crippen molar-refractivity contribution in [2.75, 3.05) is 0 Å². The van der Waals surface area contributed by atoms with E-state index in [-0.39, 0.29) is 23.9 Å². The monoisotopic (exact) mass is 317 g/mol. The molecular formula is C16H23N5O2. The number of hydrogen-bond donors (Lipinski definition) is 1. The van der Waals surface area contributed by atoms with Crippen LogP contribution in [-0.4, -0.2) is 44.2 Å². The summed E-state index contributed by atoms with van der Waals surface area (Å²) in [4.78, 5) is 28.7. The smallest absolute Gasteiger partial charge is 0.267 e. The predicted octanol–water partition coefficient (Wildman–Crippen LogP) is 1.01. The summed E-state index contributed by atoms with van der Waals surface area (Å²) in [6, 6.07) is 0.0493. The molecule has 0 aromatic carbocycles. The van der Waals surface area contributed by atoms with Crippen molar-refractivity contribution in [1.29, 1.82) is 0 Å². The van der Waals surface area contributed by atoms with Gasteiger partial charge in [-0.1, -0.05) is 0 Å². The van der Waals surface area contributed by atoms with E-state index in [4.69, 9.17) is 0 Å². The topological polar surface area (TPSA) is 79.6 Å². The van der Waals surface area contributed by atoms with Crippen molar-refractivity contribution in [1.82, 2.24) is 19.9 Å². The molecule has 3 heterocycles. The molecule has 1 aromatic rings. The van der Waals surface area contributed by atoms with Gasteiger partial charge in [-0.05, 0) is 27.2 Å². The molecule has 7 nitrogen and oxygen atoms in total. The van der Waals surface area contributed by atoms with Crippen LogP contribution in [0.5, 0.6) is 0 Å². The van der Waals surface area contributed by atoms with Crippen LogP contribution in [0.2, 0.25) is 0 Å². The van der Waals surface area contributed by atoms with Crippen LogP contribution < -0.4 is 5.32 Å². The van der Waals surface area contributed by atoms with Gasteiger partial charge in [-0.25, -0.2) is 9.99 Å². The standard InChI is InChI=1S/C16H23N5O2/c1-10(2)21-15(22)7-5-13(19-21)16(23)18-12-4-6-14-17-11(3)8-20(14)9-12/h8,10,12H,4-7,9H2,1-3H3,(H,18,23)/t12-/m1/s1. The van der Waals surface area contributed by atoms with Gasteiger partial charge < -0.3 is 9.88 Å². The highest BCUT2D eigenvalue weighted by Gasteiger charge is 2.28. The summed E-state index contributed by atoms with van der Waals surface area (Å²) in [7, 11) is 0. The van der Waals surface area contributed by atoms with Crippen molar-refractivity contribution < 1.29 is 9.59 Å². The van der Waals surface area contributed by atoms with E-state index in [1.54, 1.807) is 0 Å². The normalized spacial score (nSPS) is 21.2. The highest BCUT2D eigenvalue weighted by molar-refractivity contribution is 6.39. The minimum Gasteiger partial charge on any atom is -0.346 e. The van der Waals surface area contributed by atoms with Crippen molar-refractivity contribution in [3.05, 3.63) is 17.7 Å². The number of hydrazone groups is 1. The van der Waals surface area contributed by atoms with Crippen LogP contribution in [0.25, 0.3) is 0 Å². The second-order valence-corrected chi connectivity index (χ2v) is 6.54. The van der Waals surface area contributed by atoms with Gasteiger partial charge >= 0.3 is 0 Å². The number of aryl methyl sites for hydroxylation is 2. The number of imidazole rings is 1. The molecule has 23 heavy (non-hydrogen) atoms. The van der Waals surface area contributed by atoms with E-state index < -0.39 is 0 Å². The van der Waals surface area contributed by atoms with Gasteiger partial charge in [0.15, 0.2) is 0 Å². The molecule has 0 bridgehead atoms. The Kier molecular flexibility index (Phi) is 4.19. The molecule has 1 aromatic heterocycles. The van der Waals surface area contributed by atoms with Crippen molar-refractivity contribution in [3.63, 3.8) is 0 Å². The summed E-state index contributed by atoms with van der Waals surface area (Å²) in [6.45, 7) is 6.51. The summed E-state index contributed by atoms with van der Waals surface area (Å²) >= 11 is 0. The molecule has 0 fully saturated rings.